The number of benzene rings is 1. The molecule has 0 atom stereocenters. The van der Waals surface area contributed by atoms with E-state index in [0.29, 0.717) is 11.0 Å². The van der Waals surface area contributed by atoms with Crippen molar-refractivity contribution in [3.05, 3.63) is 41.3 Å². The van der Waals surface area contributed by atoms with Gasteiger partial charge >= 0.3 is 0 Å². The first-order valence-corrected chi connectivity index (χ1v) is 7.23. The third-order valence-corrected chi connectivity index (χ3v) is 3.22. The SMILES string of the molecule is CN(C)c1ccc(Nc2cc(Cl)nc(C(C)(C)C)n2)cc1. The lowest BCUT2D eigenvalue weighted by Crippen LogP contribution is -2.16. The predicted molar refractivity (Wildman–Crippen MR) is 89.8 cm³/mol. The van der Waals surface area contributed by atoms with Crippen LogP contribution in [0.15, 0.2) is 30.3 Å². The van der Waals surface area contributed by atoms with Crippen LogP contribution in [0.1, 0.15) is 26.6 Å². The molecule has 0 bridgehead atoms. The maximum Gasteiger partial charge on any atom is 0.137 e. The van der Waals surface area contributed by atoms with E-state index in [1.165, 1.54) is 0 Å². The van der Waals surface area contributed by atoms with Crippen LogP contribution in [0.2, 0.25) is 5.15 Å². The molecule has 0 unspecified atom stereocenters. The van der Waals surface area contributed by atoms with Crippen LogP contribution in [0, 0.1) is 0 Å². The van der Waals surface area contributed by atoms with Gasteiger partial charge in [0.2, 0.25) is 0 Å². The van der Waals surface area contributed by atoms with Crippen LogP contribution in [0.4, 0.5) is 17.2 Å². The minimum Gasteiger partial charge on any atom is -0.378 e. The van der Waals surface area contributed by atoms with Gasteiger partial charge < -0.3 is 10.2 Å². The molecule has 112 valence electrons. The summed E-state index contributed by atoms with van der Waals surface area (Å²) in [5.41, 5.74) is 1.97. The highest BCUT2D eigenvalue weighted by molar-refractivity contribution is 6.29. The van der Waals surface area contributed by atoms with Crippen LogP contribution in [0.5, 0.6) is 0 Å². The first-order valence-electron chi connectivity index (χ1n) is 6.85. The fraction of sp³-hybridized carbons (Fsp3) is 0.375. The average Bonchev–Trinajstić information content (AvgIpc) is 2.37. The van der Waals surface area contributed by atoms with E-state index in [0.717, 1.165) is 17.2 Å². The number of hydrogen-bond acceptors (Lipinski definition) is 4. The van der Waals surface area contributed by atoms with Crippen LogP contribution < -0.4 is 10.2 Å². The zero-order valence-electron chi connectivity index (χ0n) is 13.1. The number of anilines is 3. The molecule has 5 heteroatoms. The van der Waals surface area contributed by atoms with Gasteiger partial charge in [-0.15, -0.1) is 0 Å². The second kappa shape index (κ2) is 5.90. The van der Waals surface area contributed by atoms with Crippen molar-refractivity contribution in [2.45, 2.75) is 26.2 Å². The minimum atomic E-state index is -0.143. The Labute approximate surface area is 131 Å². The van der Waals surface area contributed by atoms with Crippen molar-refractivity contribution in [2.75, 3.05) is 24.3 Å². The van der Waals surface area contributed by atoms with Crippen LogP contribution in [-0.4, -0.2) is 24.1 Å². The van der Waals surface area contributed by atoms with Crippen LogP contribution in [-0.2, 0) is 5.41 Å². The smallest absolute Gasteiger partial charge is 0.137 e. The highest BCUT2D eigenvalue weighted by Crippen LogP contribution is 2.24. The molecule has 0 saturated carbocycles. The number of rotatable bonds is 3. The zero-order valence-corrected chi connectivity index (χ0v) is 13.9. The molecule has 0 radical (unpaired) electrons. The lowest BCUT2D eigenvalue weighted by molar-refractivity contribution is 0.546. The Hall–Kier alpha value is -1.81. The molecule has 21 heavy (non-hydrogen) atoms. The molecular formula is C16H21ClN4. The molecule has 2 aromatic rings. The Kier molecular flexibility index (Phi) is 4.37. The molecule has 1 heterocycles. The Balaban J connectivity index is 2.25. The van der Waals surface area contributed by atoms with E-state index in [1.807, 2.05) is 26.2 Å². The molecule has 2 rings (SSSR count). The molecule has 0 saturated heterocycles. The third-order valence-electron chi connectivity index (χ3n) is 3.02. The Morgan fingerprint density at radius 3 is 2.19 bits per heavy atom. The summed E-state index contributed by atoms with van der Waals surface area (Å²) in [4.78, 5) is 10.9. The summed E-state index contributed by atoms with van der Waals surface area (Å²) in [7, 11) is 4.03. The molecule has 0 aliphatic heterocycles. The van der Waals surface area contributed by atoms with Crippen molar-refractivity contribution < 1.29 is 0 Å². The zero-order chi connectivity index (χ0) is 15.6. The molecule has 0 aliphatic rings. The second-order valence-electron chi connectivity index (χ2n) is 6.22. The first kappa shape index (κ1) is 15.6. The van der Waals surface area contributed by atoms with Gasteiger partial charge in [-0.25, -0.2) is 9.97 Å². The van der Waals surface area contributed by atoms with Crippen molar-refractivity contribution in [2.24, 2.45) is 0 Å². The summed E-state index contributed by atoms with van der Waals surface area (Å²) in [6.07, 6.45) is 0. The summed E-state index contributed by atoms with van der Waals surface area (Å²) in [5, 5.41) is 3.72. The molecule has 1 aromatic heterocycles. The van der Waals surface area contributed by atoms with Crippen molar-refractivity contribution in [1.82, 2.24) is 9.97 Å². The molecule has 4 nitrogen and oxygen atoms in total. The summed E-state index contributed by atoms with van der Waals surface area (Å²) < 4.78 is 0. The van der Waals surface area contributed by atoms with Gasteiger partial charge in [0.15, 0.2) is 0 Å². The van der Waals surface area contributed by atoms with E-state index in [2.05, 4.69) is 53.1 Å². The van der Waals surface area contributed by atoms with Gasteiger partial charge in [-0.1, -0.05) is 32.4 Å². The van der Waals surface area contributed by atoms with Gasteiger partial charge in [0.1, 0.15) is 16.8 Å². The van der Waals surface area contributed by atoms with Crippen molar-refractivity contribution in [1.29, 1.82) is 0 Å². The Morgan fingerprint density at radius 2 is 1.67 bits per heavy atom. The quantitative estimate of drug-likeness (QED) is 0.861. The fourth-order valence-corrected chi connectivity index (χ4v) is 1.99. The van der Waals surface area contributed by atoms with Gasteiger partial charge in [0, 0.05) is 37.0 Å². The highest BCUT2D eigenvalue weighted by atomic mass is 35.5. The topological polar surface area (TPSA) is 41.0 Å². The molecular weight excluding hydrogens is 284 g/mol. The van der Waals surface area contributed by atoms with E-state index < -0.39 is 0 Å². The summed E-state index contributed by atoms with van der Waals surface area (Å²) in [6.45, 7) is 6.19. The van der Waals surface area contributed by atoms with Gasteiger partial charge in [-0.2, -0.15) is 0 Å². The molecule has 0 spiro atoms. The Morgan fingerprint density at radius 1 is 1.05 bits per heavy atom. The van der Waals surface area contributed by atoms with Crippen molar-refractivity contribution >= 4 is 28.8 Å². The average molecular weight is 305 g/mol. The standard InChI is InChI=1S/C16H21ClN4/c1-16(2,3)15-19-13(17)10-14(20-15)18-11-6-8-12(9-7-11)21(4)5/h6-10H,1-5H3,(H,18,19,20). The van der Waals surface area contributed by atoms with Gasteiger partial charge in [0.25, 0.3) is 0 Å². The van der Waals surface area contributed by atoms with Gasteiger partial charge in [0.05, 0.1) is 0 Å². The fourth-order valence-electron chi connectivity index (χ4n) is 1.81. The number of halogens is 1. The van der Waals surface area contributed by atoms with E-state index in [1.54, 1.807) is 6.07 Å². The highest BCUT2D eigenvalue weighted by Gasteiger charge is 2.18. The molecule has 0 fully saturated rings. The van der Waals surface area contributed by atoms with Crippen molar-refractivity contribution in [3.63, 3.8) is 0 Å². The molecule has 1 N–H and O–H groups in total. The Bertz CT molecular complexity index is 615. The van der Waals surface area contributed by atoms with E-state index >= 15 is 0 Å². The van der Waals surface area contributed by atoms with Crippen LogP contribution >= 0.6 is 11.6 Å². The monoisotopic (exact) mass is 304 g/mol. The maximum absolute atomic E-state index is 6.09. The predicted octanol–water partition coefficient (Wildman–Crippen LogP) is 4.24. The van der Waals surface area contributed by atoms with E-state index in [4.69, 9.17) is 11.6 Å². The lowest BCUT2D eigenvalue weighted by Gasteiger charge is -2.18. The molecule has 0 amide bonds. The van der Waals surface area contributed by atoms with Crippen LogP contribution in [0.3, 0.4) is 0 Å². The number of nitrogens with zero attached hydrogens (tertiary/aromatic N) is 3. The number of hydrogen-bond donors (Lipinski definition) is 1. The number of aromatic nitrogens is 2. The number of nitrogens with one attached hydrogen (secondary N) is 1. The molecule has 1 aromatic carbocycles. The minimum absolute atomic E-state index is 0.143. The second-order valence-corrected chi connectivity index (χ2v) is 6.60. The van der Waals surface area contributed by atoms with Crippen molar-refractivity contribution in [3.8, 4) is 0 Å². The summed E-state index contributed by atoms with van der Waals surface area (Å²) in [6, 6.07) is 9.87. The maximum atomic E-state index is 6.09. The largest absolute Gasteiger partial charge is 0.378 e. The lowest BCUT2D eigenvalue weighted by atomic mass is 9.96. The normalized spacial score (nSPS) is 11.3. The van der Waals surface area contributed by atoms with Crippen LogP contribution in [0.25, 0.3) is 0 Å². The first-order chi connectivity index (χ1) is 9.75. The van der Waals surface area contributed by atoms with E-state index in [-0.39, 0.29) is 5.41 Å². The van der Waals surface area contributed by atoms with Gasteiger partial charge in [-0.05, 0) is 24.3 Å². The van der Waals surface area contributed by atoms with Gasteiger partial charge in [-0.3, -0.25) is 0 Å². The molecule has 0 aliphatic carbocycles. The van der Waals surface area contributed by atoms with E-state index in [9.17, 15) is 0 Å². The summed E-state index contributed by atoms with van der Waals surface area (Å²) in [5.74, 6) is 1.43. The summed E-state index contributed by atoms with van der Waals surface area (Å²) >= 11 is 6.09. The third kappa shape index (κ3) is 4.08.